The minimum absolute atomic E-state index is 0.0806. The first-order chi connectivity index (χ1) is 13.8. The van der Waals surface area contributed by atoms with Crippen molar-refractivity contribution in [3.8, 4) is 11.5 Å². The molecule has 0 radical (unpaired) electrons. The Morgan fingerprint density at radius 3 is 2.48 bits per heavy atom. The second-order valence-electron chi connectivity index (χ2n) is 8.02. The number of methoxy groups -OCH3 is 2. The van der Waals surface area contributed by atoms with Crippen LogP contribution in [0.15, 0.2) is 54.2 Å². The Labute approximate surface area is 173 Å². The van der Waals surface area contributed by atoms with Crippen molar-refractivity contribution in [2.75, 3.05) is 39.8 Å². The molecule has 2 aromatic carbocycles. The smallest absolute Gasteiger partial charge is 0.171 e. The number of fused-ring (bicyclic) bond motifs is 1. The van der Waals surface area contributed by atoms with E-state index in [1.165, 1.54) is 5.56 Å². The van der Waals surface area contributed by atoms with Crippen LogP contribution in [0.4, 0.5) is 5.69 Å². The number of para-hydroxylation sites is 2. The van der Waals surface area contributed by atoms with Crippen LogP contribution in [-0.2, 0) is 16.8 Å². The fourth-order valence-electron chi connectivity index (χ4n) is 4.15. The average molecular weight is 395 g/mol. The Hall–Kier alpha value is -2.79. The lowest BCUT2D eigenvalue weighted by Gasteiger charge is -2.24. The van der Waals surface area contributed by atoms with Crippen LogP contribution in [0.25, 0.3) is 0 Å². The average Bonchev–Trinajstić information content (AvgIpc) is 2.88. The van der Waals surface area contributed by atoms with Gasteiger partial charge in [-0.25, -0.2) is 0 Å². The number of allylic oxidation sites excluding steroid dienone is 1. The van der Waals surface area contributed by atoms with E-state index >= 15 is 0 Å². The number of likely N-dealkylation sites (N-methyl/N-ethyl adjacent to an activating group) is 2. The quantitative estimate of drug-likeness (QED) is 0.664. The number of carbonyl (C=O) groups is 1. The van der Waals surface area contributed by atoms with Crippen molar-refractivity contribution < 1.29 is 14.3 Å². The molecule has 3 rings (SSSR count). The second-order valence-corrected chi connectivity index (χ2v) is 8.02. The molecule has 0 saturated heterocycles. The molecule has 0 bridgehead atoms. The molecule has 154 valence electrons. The van der Waals surface area contributed by atoms with E-state index in [-0.39, 0.29) is 11.2 Å². The van der Waals surface area contributed by atoms with E-state index in [1.807, 2.05) is 43.3 Å². The van der Waals surface area contributed by atoms with Crippen molar-refractivity contribution in [2.45, 2.75) is 25.8 Å². The Kier molecular flexibility index (Phi) is 5.99. The first-order valence-electron chi connectivity index (χ1n) is 9.76. The third-order valence-corrected chi connectivity index (χ3v) is 5.59. The Morgan fingerprint density at radius 1 is 1.10 bits per heavy atom. The highest BCUT2D eigenvalue weighted by Gasteiger charge is 2.38. The van der Waals surface area contributed by atoms with Gasteiger partial charge in [-0.3, -0.25) is 9.69 Å². The number of benzene rings is 2. The van der Waals surface area contributed by atoms with Gasteiger partial charge in [-0.15, -0.1) is 0 Å². The van der Waals surface area contributed by atoms with E-state index in [0.717, 1.165) is 16.9 Å². The molecule has 0 aromatic heterocycles. The molecule has 0 atom stereocenters. The monoisotopic (exact) mass is 394 g/mol. The molecule has 5 nitrogen and oxygen atoms in total. The zero-order chi connectivity index (χ0) is 21.2. The highest BCUT2D eigenvalue weighted by Crippen LogP contribution is 2.46. The van der Waals surface area contributed by atoms with E-state index in [0.29, 0.717) is 24.6 Å². The summed E-state index contributed by atoms with van der Waals surface area (Å²) in [6.07, 6.45) is 1.79. The Bertz CT molecular complexity index is 933. The van der Waals surface area contributed by atoms with Gasteiger partial charge in [-0.1, -0.05) is 44.2 Å². The van der Waals surface area contributed by atoms with Crippen molar-refractivity contribution in [3.05, 3.63) is 65.4 Å². The molecule has 2 aromatic rings. The van der Waals surface area contributed by atoms with Crippen LogP contribution in [0, 0.1) is 0 Å². The molecule has 1 aliphatic heterocycles. The molecule has 0 amide bonds. The second kappa shape index (κ2) is 8.29. The van der Waals surface area contributed by atoms with Gasteiger partial charge < -0.3 is 14.4 Å². The van der Waals surface area contributed by atoms with Crippen molar-refractivity contribution in [1.82, 2.24) is 4.90 Å². The van der Waals surface area contributed by atoms with Gasteiger partial charge in [0, 0.05) is 42.0 Å². The number of rotatable bonds is 7. The minimum Gasteiger partial charge on any atom is -0.493 e. The van der Waals surface area contributed by atoms with Gasteiger partial charge in [0.05, 0.1) is 20.8 Å². The van der Waals surface area contributed by atoms with Crippen LogP contribution in [0.1, 0.15) is 25.0 Å². The van der Waals surface area contributed by atoms with E-state index in [1.54, 1.807) is 20.3 Å². The third kappa shape index (κ3) is 4.01. The molecule has 1 aliphatic rings. The van der Waals surface area contributed by atoms with Gasteiger partial charge in [0.1, 0.15) is 0 Å². The highest BCUT2D eigenvalue weighted by atomic mass is 16.5. The molecule has 0 saturated carbocycles. The van der Waals surface area contributed by atoms with Gasteiger partial charge in [0.25, 0.3) is 0 Å². The molecule has 0 unspecified atom stereocenters. The number of hydrogen-bond acceptors (Lipinski definition) is 5. The summed E-state index contributed by atoms with van der Waals surface area (Å²) >= 11 is 0. The van der Waals surface area contributed by atoms with E-state index < -0.39 is 0 Å². The van der Waals surface area contributed by atoms with Gasteiger partial charge in [-0.2, -0.15) is 0 Å². The number of carbonyl (C=O) groups excluding carboxylic acids is 1. The van der Waals surface area contributed by atoms with Crippen LogP contribution in [0.3, 0.4) is 0 Å². The van der Waals surface area contributed by atoms with Crippen LogP contribution < -0.4 is 14.4 Å². The Balaban J connectivity index is 1.75. The van der Waals surface area contributed by atoms with Crippen LogP contribution >= 0.6 is 0 Å². The fraction of sp³-hybridized carbons (Fsp3) is 0.375. The van der Waals surface area contributed by atoms with Gasteiger partial charge in [0.15, 0.2) is 17.3 Å². The number of ether oxygens (including phenoxy) is 2. The topological polar surface area (TPSA) is 42.0 Å². The number of nitrogens with zero attached hydrogens (tertiary/aromatic N) is 2. The van der Waals surface area contributed by atoms with E-state index in [4.69, 9.17) is 9.47 Å². The zero-order valence-corrected chi connectivity index (χ0v) is 18.2. The molecule has 29 heavy (non-hydrogen) atoms. The maximum atomic E-state index is 12.9. The van der Waals surface area contributed by atoms with E-state index in [9.17, 15) is 4.79 Å². The summed E-state index contributed by atoms with van der Waals surface area (Å²) in [5.41, 5.74) is 4.22. The van der Waals surface area contributed by atoms with Crippen molar-refractivity contribution in [3.63, 3.8) is 0 Å². The molecule has 0 fully saturated rings. The summed E-state index contributed by atoms with van der Waals surface area (Å²) in [6, 6.07) is 14.1. The van der Waals surface area contributed by atoms with Gasteiger partial charge in [0.2, 0.25) is 0 Å². The van der Waals surface area contributed by atoms with E-state index in [2.05, 4.69) is 36.9 Å². The first kappa shape index (κ1) is 20.9. The molecule has 0 aliphatic carbocycles. The number of hydrogen-bond donors (Lipinski definition) is 0. The fourth-order valence-corrected chi connectivity index (χ4v) is 4.15. The molecular formula is C24H30N2O3. The largest absolute Gasteiger partial charge is 0.493 e. The van der Waals surface area contributed by atoms with Gasteiger partial charge in [-0.05, 0) is 24.7 Å². The summed E-state index contributed by atoms with van der Waals surface area (Å²) in [4.78, 5) is 17.0. The highest BCUT2D eigenvalue weighted by molar-refractivity contribution is 5.94. The standard InChI is InChI=1S/C24H30N2O3/c1-24(2)19-11-7-8-12-20(19)26(4)22(24)14-18(27)16-25(3)15-17-10-9-13-21(28-5)23(17)29-6/h7-14H,15-16H2,1-6H3/b22-14+. The molecular weight excluding hydrogens is 364 g/mol. The molecule has 5 heteroatoms. The third-order valence-electron chi connectivity index (χ3n) is 5.59. The van der Waals surface area contributed by atoms with Crippen molar-refractivity contribution in [1.29, 1.82) is 0 Å². The molecule has 0 spiro atoms. The SMILES string of the molecule is COc1cccc(CN(C)CC(=O)/C=C2/N(C)c3ccccc3C2(C)C)c1OC. The summed E-state index contributed by atoms with van der Waals surface area (Å²) in [5, 5.41) is 0. The van der Waals surface area contributed by atoms with Gasteiger partial charge >= 0.3 is 0 Å². The minimum atomic E-state index is -0.199. The van der Waals surface area contributed by atoms with Crippen molar-refractivity contribution in [2.24, 2.45) is 0 Å². The van der Waals surface area contributed by atoms with Crippen LogP contribution in [0.5, 0.6) is 11.5 Å². The Morgan fingerprint density at radius 2 is 1.83 bits per heavy atom. The lowest BCUT2D eigenvalue weighted by atomic mass is 9.83. The number of anilines is 1. The normalized spacial score (nSPS) is 16.2. The number of ketones is 1. The van der Waals surface area contributed by atoms with Crippen molar-refractivity contribution >= 4 is 11.5 Å². The lowest BCUT2D eigenvalue weighted by molar-refractivity contribution is -0.115. The summed E-state index contributed by atoms with van der Waals surface area (Å²) < 4.78 is 10.9. The lowest BCUT2D eigenvalue weighted by Crippen LogP contribution is -2.28. The predicted octanol–water partition coefficient (Wildman–Crippen LogP) is 4.02. The predicted molar refractivity (Wildman–Crippen MR) is 117 cm³/mol. The molecule has 1 heterocycles. The maximum Gasteiger partial charge on any atom is 0.171 e. The van der Waals surface area contributed by atoms with Crippen LogP contribution in [-0.4, -0.2) is 45.5 Å². The molecule has 0 N–H and O–H groups in total. The van der Waals surface area contributed by atoms with Crippen LogP contribution in [0.2, 0.25) is 0 Å². The summed E-state index contributed by atoms with van der Waals surface area (Å²) in [7, 11) is 7.22. The first-order valence-corrected chi connectivity index (χ1v) is 9.76. The maximum absolute atomic E-state index is 12.9. The summed E-state index contributed by atoms with van der Waals surface area (Å²) in [6.45, 7) is 5.25. The zero-order valence-electron chi connectivity index (χ0n) is 18.2. The summed E-state index contributed by atoms with van der Waals surface area (Å²) in [5.74, 6) is 1.48.